The molecule has 0 radical (unpaired) electrons. The zero-order chi connectivity index (χ0) is 13.2. The predicted octanol–water partition coefficient (Wildman–Crippen LogP) is 2.44. The number of carbonyl (C=O) groups excluding carboxylic acids is 1. The highest BCUT2D eigenvalue weighted by Crippen LogP contribution is 2.28. The summed E-state index contributed by atoms with van der Waals surface area (Å²) in [5.74, 6) is -0.157. The first-order valence-corrected chi connectivity index (χ1v) is 6.39. The van der Waals surface area contributed by atoms with Crippen LogP contribution in [0.2, 0.25) is 5.02 Å². The molecule has 5 heteroatoms. The summed E-state index contributed by atoms with van der Waals surface area (Å²) in [7, 11) is 0. The van der Waals surface area contributed by atoms with Crippen LogP contribution in [0.1, 0.15) is 15.9 Å². The van der Waals surface area contributed by atoms with Gasteiger partial charge in [0.1, 0.15) is 0 Å². The van der Waals surface area contributed by atoms with Gasteiger partial charge in [-0.1, -0.05) is 11.6 Å². The van der Waals surface area contributed by atoms with Crippen molar-refractivity contribution in [2.24, 2.45) is 0 Å². The molecule has 1 aromatic carbocycles. The molecule has 0 saturated heterocycles. The number of nitrogens with one attached hydrogen (secondary N) is 1. The van der Waals surface area contributed by atoms with Crippen molar-refractivity contribution in [3.63, 3.8) is 0 Å². The summed E-state index contributed by atoms with van der Waals surface area (Å²) in [5, 5.41) is 2.57. The molecule has 0 atom stereocenters. The van der Waals surface area contributed by atoms with Crippen molar-refractivity contribution in [3.05, 3.63) is 58.9 Å². The summed E-state index contributed by atoms with van der Waals surface area (Å²) >= 11 is 5.96. The Morgan fingerprint density at radius 2 is 2.26 bits per heavy atom. The van der Waals surface area contributed by atoms with Crippen LogP contribution < -0.4 is 10.4 Å². The Kier molecular flexibility index (Phi) is 3.09. The number of amides is 1. The second-order valence-electron chi connectivity index (χ2n) is 4.36. The van der Waals surface area contributed by atoms with E-state index < -0.39 is 0 Å². The predicted molar refractivity (Wildman–Crippen MR) is 74.2 cm³/mol. The number of anilines is 1. The molecular weight excluding hydrogens is 262 g/mol. The van der Waals surface area contributed by atoms with E-state index in [9.17, 15) is 4.79 Å². The molecule has 0 fully saturated rings. The standard InChI is InChI=1S/C14H12ClN3O/c15-12-3-4-13-10(8-12)5-7-18(13)17-14(19)11-2-1-6-16-9-11/h1-4,6,8-9H,5,7H2,(H,17,19). The molecule has 19 heavy (non-hydrogen) atoms. The second-order valence-corrected chi connectivity index (χ2v) is 4.79. The lowest BCUT2D eigenvalue weighted by atomic mass is 10.2. The maximum absolute atomic E-state index is 12.1. The molecule has 1 N–H and O–H groups in total. The molecule has 1 aliphatic heterocycles. The topological polar surface area (TPSA) is 45.2 Å². The lowest BCUT2D eigenvalue weighted by molar-refractivity contribution is 0.0949. The first-order valence-electron chi connectivity index (χ1n) is 6.01. The average Bonchev–Trinajstić information content (AvgIpc) is 2.82. The molecule has 0 bridgehead atoms. The van der Waals surface area contributed by atoms with Gasteiger partial charge in [-0.05, 0) is 42.3 Å². The zero-order valence-electron chi connectivity index (χ0n) is 10.1. The van der Waals surface area contributed by atoms with E-state index >= 15 is 0 Å². The first kappa shape index (κ1) is 12.0. The van der Waals surface area contributed by atoms with Crippen LogP contribution in [0, 0.1) is 0 Å². The van der Waals surface area contributed by atoms with E-state index in [0.29, 0.717) is 5.56 Å². The molecule has 2 aromatic rings. The van der Waals surface area contributed by atoms with Crippen molar-refractivity contribution in [2.75, 3.05) is 11.6 Å². The Labute approximate surface area is 116 Å². The molecule has 4 nitrogen and oxygen atoms in total. The highest BCUT2D eigenvalue weighted by Gasteiger charge is 2.21. The van der Waals surface area contributed by atoms with E-state index in [1.54, 1.807) is 24.5 Å². The van der Waals surface area contributed by atoms with Gasteiger partial charge in [0.2, 0.25) is 0 Å². The number of hydrogen-bond acceptors (Lipinski definition) is 3. The number of aromatic nitrogens is 1. The average molecular weight is 274 g/mol. The van der Waals surface area contributed by atoms with Crippen LogP contribution in [0.4, 0.5) is 5.69 Å². The molecule has 1 aliphatic rings. The third-order valence-electron chi connectivity index (χ3n) is 3.10. The SMILES string of the molecule is O=C(NN1CCc2cc(Cl)ccc21)c1cccnc1. The molecule has 0 unspecified atom stereocenters. The fourth-order valence-electron chi connectivity index (χ4n) is 2.17. The van der Waals surface area contributed by atoms with Crippen molar-refractivity contribution in [3.8, 4) is 0 Å². The number of nitrogens with zero attached hydrogens (tertiary/aromatic N) is 2. The van der Waals surface area contributed by atoms with Gasteiger partial charge in [0.25, 0.3) is 5.91 Å². The Hall–Kier alpha value is -2.07. The number of pyridine rings is 1. The molecule has 1 aromatic heterocycles. The van der Waals surface area contributed by atoms with Crippen molar-refractivity contribution in [1.82, 2.24) is 10.4 Å². The van der Waals surface area contributed by atoms with Crippen LogP contribution in [0.15, 0.2) is 42.7 Å². The number of hydrazine groups is 1. The van der Waals surface area contributed by atoms with Crippen molar-refractivity contribution < 1.29 is 4.79 Å². The minimum Gasteiger partial charge on any atom is -0.285 e. The second kappa shape index (κ2) is 4.90. The Bertz CT molecular complexity index is 615. The van der Waals surface area contributed by atoms with Gasteiger partial charge in [-0.15, -0.1) is 0 Å². The molecular formula is C14H12ClN3O. The number of benzene rings is 1. The monoisotopic (exact) mass is 273 g/mol. The van der Waals surface area contributed by atoms with Crippen LogP contribution in [-0.4, -0.2) is 17.4 Å². The normalized spacial score (nSPS) is 13.2. The Morgan fingerprint density at radius 1 is 1.37 bits per heavy atom. The fourth-order valence-corrected chi connectivity index (χ4v) is 2.37. The highest BCUT2D eigenvalue weighted by molar-refractivity contribution is 6.30. The van der Waals surface area contributed by atoms with Gasteiger partial charge in [-0.25, -0.2) is 0 Å². The highest BCUT2D eigenvalue weighted by atomic mass is 35.5. The summed E-state index contributed by atoms with van der Waals surface area (Å²) < 4.78 is 0. The lowest BCUT2D eigenvalue weighted by Gasteiger charge is -2.20. The first-order chi connectivity index (χ1) is 9.24. The largest absolute Gasteiger partial charge is 0.285 e. The van der Waals surface area contributed by atoms with Gasteiger partial charge in [-0.3, -0.25) is 20.2 Å². The maximum atomic E-state index is 12.1. The summed E-state index contributed by atoms with van der Waals surface area (Å²) in [5.41, 5.74) is 5.58. The van der Waals surface area contributed by atoms with Crippen LogP contribution in [0.3, 0.4) is 0 Å². The van der Waals surface area contributed by atoms with Crippen molar-refractivity contribution in [1.29, 1.82) is 0 Å². The van der Waals surface area contributed by atoms with Crippen LogP contribution in [0.25, 0.3) is 0 Å². The molecule has 3 rings (SSSR count). The van der Waals surface area contributed by atoms with E-state index in [4.69, 9.17) is 11.6 Å². The van der Waals surface area contributed by atoms with Gasteiger partial charge >= 0.3 is 0 Å². The van der Waals surface area contributed by atoms with E-state index in [0.717, 1.165) is 29.2 Å². The van der Waals surface area contributed by atoms with Gasteiger partial charge in [0.05, 0.1) is 11.3 Å². The number of fused-ring (bicyclic) bond motifs is 1. The van der Waals surface area contributed by atoms with Gasteiger partial charge in [-0.2, -0.15) is 0 Å². The van der Waals surface area contributed by atoms with Gasteiger partial charge in [0.15, 0.2) is 0 Å². The summed E-state index contributed by atoms with van der Waals surface area (Å²) in [4.78, 5) is 16.0. The lowest BCUT2D eigenvalue weighted by Crippen LogP contribution is -2.41. The molecule has 0 spiro atoms. The summed E-state index contributed by atoms with van der Waals surface area (Å²) in [6.45, 7) is 0.752. The minimum atomic E-state index is -0.157. The smallest absolute Gasteiger partial charge is 0.271 e. The van der Waals surface area contributed by atoms with Gasteiger partial charge < -0.3 is 0 Å². The number of rotatable bonds is 2. The van der Waals surface area contributed by atoms with Crippen molar-refractivity contribution in [2.45, 2.75) is 6.42 Å². The third-order valence-corrected chi connectivity index (χ3v) is 3.33. The molecule has 1 amide bonds. The number of carbonyl (C=O) groups is 1. The van der Waals surface area contributed by atoms with Gasteiger partial charge in [0, 0.05) is 24.0 Å². The third kappa shape index (κ3) is 2.39. The van der Waals surface area contributed by atoms with Crippen molar-refractivity contribution >= 4 is 23.2 Å². The summed E-state index contributed by atoms with van der Waals surface area (Å²) in [6, 6.07) is 9.17. The number of halogens is 1. The van der Waals surface area contributed by atoms with E-state index in [1.165, 1.54) is 0 Å². The van der Waals surface area contributed by atoms with E-state index in [-0.39, 0.29) is 5.91 Å². The Morgan fingerprint density at radius 3 is 3.05 bits per heavy atom. The minimum absolute atomic E-state index is 0.157. The molecule has 0 aliphatic carbocycles. The van der Waals surface area contributed by atoms with E-state index in [2.05, 4.69) is 10.4 Å². The van der Waals surface area contributed by atoms with Crippen LogP contribution >= 0.6 is 11.6 Å². The Balaban J connectivity index is 1.78. The molecule has 96 valence electrons. The van der Waals surface area contributed by atoms with Crippen LogP contribution in [-0.2, 0) is 6.42 Å². The molecule has 0 saturated carbocycles. The maximum Gasteiger partial charge on any atom is 0.271 e. The van der Waals surface area contributed by atoms with E-state index in [1.807, 2.05) is 23.2 Å². The zero-order valence-corrected chi connectivity index (χ0v) is 10.9. The quantitative estimate of drug-likeness (QED) is 0.914. The fraction of sp³-hybridized carbons (Fsp3) is 0.143. The summed E-state index contributed by atoms with van der Waals surface area (Å²) in [6.07, 6.45) is 4.07. The van der Waals surface area contributed by atoms with Crippen LogP contribution in [0.5, 0.6) is 0 Å². The molecule has 2 heterocycles. The number of hydrogen-bond donors (Lipinski definition) is 1.